The van der Waals surface area contributed by atoms with Gasteiger partial charge in [0.2, 0.25) is 26.0 Å². The molecule has 0 saturated carbocycles. The van der Waals surface area contributed by atoms with Crippen LogP contribution in [-0.2, 0) is 24.8 Å². The smallest absolute Gasteiger partial charge is 0.242 e. The molecule has 3 aromatic carbocycles. The summed E-state index contributed by atoms with van der Waals surface area (Å²) < 4.78 is 62.3. The van der Waals surface area contributed by atoms with Crippen molar-refractivity contribution in [3.8, 4) is 17.2 Å². The quantitative estimate of drug-likeness (QED) is 0.346. The van der Waals surface area contributed by atoms with E-state index in [2.05, 4.69) is 5.32 Å². The van der Waals surface area contributed by atoms with Crippen LogP contribution in [0.25, 0.3) is 0 Å². The fourth-order valence-electron chi connectivity index (χ4n) is 3.17. The normalized spacial score (nSPS) is 11.7. The van der Waals surface area contributed by atoms with E-state index >= 15 is 0 Å². The van der Waals surface area contributed by atoms with Crippen molar-refractivity contribution in [1.29, 1.82) is 0 Å². The summed E-state index contributed by atoms with van der Waals surface area (Å²) in [6.07, 6.45) is 1.03. The molecule has 3 aromatic rings. The molecule has 0 aliphatic heterocycles. The van der Waals surface area contributed by atoms with Crippen molar-refractivity contribution in [2.24, 2.45) is 0 Å². The summed E-state index contributed by atoms with van der Waals surface area (Å²) in [6, 6.07) is 21.5. The fourth-order valence-corrected chi connectivity index (χ4v) is 4.93. The number of carbonyl (C=O) groups excluding carboxylic acids is 1. The Morgan fingerprint density at radius 1 is 0.811 bits per heavy atom. The molecule has 0 fully saturated rings. The number of nitrogens with one attached hydrogen (secondary N) is 1. The van der Waals surface area contributed by atoms with Crippen LogP contribution in [-0.4, -0.2) is 67.1 Å². The highest BCUT2D eigenvalue weighted by Gasteiger charge is 2.21. The molecular weight excluding hydrogens is 518 g/mol. The van der Waals surface area contributed by atoms with Crippen molar-refractivity contribution in [1.82, 2.24) is 9.62 Å². The average molecular weight is 548 g/mol. The lowest BCUT2D eigenvalue weighted by molar-refractivity contribution is -0.119. The Labute approximate surface area is 217 Å². The predicted molar refractivity (Wildman–Crippen MR) is 141 cm³/mol. The zero-order valence-corrected chi connectivity index (χ0v) is 22.3. The fraction of sp³-hybridized carbons (Fsp3) is 0.240. The van der Waals surface area contributed by atoms with Gasteiger partial charge in [-0.2, -0.15) is 0 Å². The van der Waals surface area contributed by atoms with Gasteiger partial charge in [0.1, 0.15) is 30.4 Å². The molecule has 0 bridgehead atoms. The number of benzene rings is 3. The maximum atomic E-state index is 12.4. The van der Waals surface area contributed by atoms with Gasteiger partial charge in [0.05, 0.1) is 23.4 Å². The number of rotatable bonds is 12. The largest absolute Gasteiger partial charge is 0.492 e. The number of hydrogen-bond donors (Lipinski definition) is 1. The Hall–Kier alpha value is -3.61. The Morgan fingerprint density at radius 3 is 1.95 bits per heavy atom. The molecule has 0 heterocycles. The molecule has 1 amide bonds. The molecule has 0 aliphatic rings. The van der Waals surface area contributed by atoms with E-state index in [9.17, 15) is 21.6 Å². The van der Waals surface area contributed by atoms with Crippen molar-refractivity contribution < 1.29 is 31.1 Å². The second-order valence-corrected chi connectivity index (χ2v) is 12.2. The summed E-state index contributed by atoms with van der Waals surface area (Å²) in [5.74, 6) is 1.09. The molecular formula is C25H29N3O7S2. The molecule has 0 aliphatic carbocycles. The Balaban J connectivity index is 1.52. The van der Waals surface area contributed by atoms with Gasteiger partial charge in [0.15, 0.2) is 0 Å². The molecule has 0 spiro atoms. The minimum atomic E-state index is -3.73. The van der Waals surface area contributed by atoms with Gasteiger partial charge in [-0.3, -0.25) is 9.10 Å². The summed E-state index contributed by atoms with van der Waals surface area (Å²) in [6.45, 7) is -0.178. The van der Waals surface area contributed by atoms with Gasteiger partial charge in [-0.25, -0.2) is 21.1 Å². The van der Waals surface area contributed by atoms with Gasteiger partial charge in [-0.15, -0.1) is 0 Å². The first-order valence-electron chi connectivity index (χ1n) is 11.2. The Morgan fingerprint density at radius 2 is 1.38 bits per heavy atom. The second kappa shape index (κ2) is 12.1. The van der Waals surface area contributed by atoms with E-state index in [1.807, 2.05) is 18.2 Å². The molecule has 12 heteroatoms. The van der Waals surface area contributed by atoms with Crippen LogP contribution in [0, 0.1) is 0 Å². The maximum Gasteiger partial charge on any atom is 0.242 e. The number of amides is 1. The number of carbonyl (C=O) groups is 1. The Kier molecular flexibility index (Phi) is 9.14. The third-order valence-electron chi connectivity index (χ3n) is 5.09. The molecule has 10 nitrogen and oxygen atoms in total. The van der Waals surface area contributed by atoms with E-state index in [-0.39, 0.29) is 18.0 Å². The minimum absolute atomic E-state index is 0.107. The zero-order valence-electron chi connectivity index (χ0n) is 20.7. The highest BCUT2D eigenvalue weighted by atomic mass is 32.2. The summed E-state index contributed by atoms with van der Waals surface area (Å²) in [5, 5.41) is 2.62. The SMILES string of the molecule is CN(C)S(=O)(=O)c1ccc(OCCNC(=O)CN(c2ccc(Oc3ccccc3)cc2)S(C)(=O)=O)cc1. The lowest BCUT2D eigenvalue weighted by Gasteiger charge is -2.22. The third-order valence-corrected chi connectivity index (χ3v) is 8.06. The number of ether oxygens (including phenoxy) is 2. The van der Waals surface area contributed by atoms with E-state index in [0.717, 1.165) is 14.9 Å². The number of anilines is 1. The molecule has 0 radical (unpaired) electrons. The number of para-hydroxylation sites is 1. The summed E-state index contributed by atoms with van der Waals surface area (Å²) >= 11 is 0. The summed E-state index contributed by atoms with van der Waals surface area (Å²) in [7, 11) is -4.37. The third kappa shape index (κ3) is 7.94. The number of sulfonamides is 2. The minimum Gasteiger partial charge on any atom is -0.492 e. The van der Waals surface area contributed by atoms with Crippen molar-refractivity contribution in [2.75, 3.05) is 44.4 Å². The standard InChI is InChI=1S/C25H29N3O7S2/c1-27(2)37(32,33)24-15-13-21(14-16-24)34-18-17-26-25(29)19-28(36(3,30)31)20-9-11-23(12-10-20)35-22-7-5-4-6-8-22/h4-16H,17-19H2,1-3H3,(H,26,29). The number of nitrogens with zero attached hydrogens (tertiary/aromatic N) is 2. The second-order valence-electron chi connectivity index (χ2n) is 8.14. The van der Waals surface area contributed by atoms with Crippen LogP contribution >= 0.6 is 0 Å². The van der Waals surface area contributed by atoms with Crippen LogP contribution in [0.3, 0.4) is 0 Å². The van der Waals surface area contributed by atoms with E-state index < -0.39 is 32.5 Å². The van der Waals surface area contributed by atoms with Gasteiger partial charge in [0, 0.05) is 14.1 Å². The lowest BCUT2D eigenvalue weighted by atomic mass is 10.3. The van der Waals surface area contributed by atoms with E-state index in [4.69, 9.17) is 9.47 Å². The molecule has 198 valence electrons. The first kappa shape index (κ1) is 28.0. The van der Waals surface area contributed by atoms with Crippen molar-refractivity contribution in [3.05, 3.63) is 78.9 Å². The Bertz CT molecular complexity index is 1390. The molecule has 0 saturated heterocycles. The van der Waals surface area contributed by atoms with Gasteiger partial charge in [0.25, 0.3) is 0 Å². The van der Waals surface area contributed by atoms with Crippen LogP contribution in [0.5, 0.6) is 17.2 Å². The van der Waals surface area contributed by atoms with E-state index in [0.29, 0.717) is 22.9 Å². The maximum absolute atomic E-state index is 12.4. The predicted octanol–water partition coefficient (Wildman–Crippen LogP) is 2.69. The van der Waals surface area contributed by atoms with Gasteiger partial charge in [-0.05, 0) is 60.7 Å². The van der Waals surface area contributed by atoms with E-state index in [1.54, 1.807) is 36.4 Å². The van der Waals surface area contributed by atoms with Crippen molar-refractivity contribution in [3.63, 3.8) is 0 Å². The van der Waals surface area contributed by atoms with Crippen LogP contribution in [0.1, 0.15) is 0 Å². The van der Waals surface area contributed by atoms with Gasteiger partial charge >= 0.3 is 0 Å². The number of hydrogen-bond acceptors (Lipinski definition) is 7. The molecule has 0 aromatic heterocycles. The van der Waals surface area contributed by atoms with Crippen LogP contribution in [0.15, 0.2) is 83.8 Å². The monoisotopic (exact) mass is 547 g/mol. The van der Waals surface area contributed by atoms with Crippen molar-refractivity contribution in [2.45, 2.75) is 4.90 Å². The van der Waals surface area contributed by atoms with E-state index in [1.165, 1.54) is 38.4 Å². The average Bonchev–Trinajstić information content (AvgIpc) is 2.86. The topological polar surface area (TPSA) is 122 Å². The molecule has 1 N–H and O–H groups in total. The van der Waals surface area contributed by atoms with Crippen LogP contribution < -0.4 is 19.1 Å². The molecule has 0 atom stereocenters. The zero-order chi connectivity index (χ0) is 27.1. The van der Waals surface area contributed by atoms with Gasteiger partial charge < -0.3 is 14.8 Å². The highest BCUT2D eigenvalue weighted by molar-refractivity contribution is 7.92. The first-order chi connectivity index (χ1) is 17.5. The summed E-state index contributed by atoms with van der Waals surface area (Å²) in [5.41, 5.74) is 0.321. The first-order valence-corrected chi connectivity index (χ1v) is 14.5. The summed E-state index contributed by atoms with van der Waals surface area (Å²) in [4.78, 5) is 12.6. The lowest BCUT2D eigenvalue weighted by Crippen LogP contribution is -2.41. The molecule has 37 heavy (non-hydrogen) atoms. The molecule has 3 rings (SSSR count). The van der Waals surface area contributed by atoms with Crippen LogP contribution in [0.2, 0.25) is 0 Å². The van der Waals surface area contributed by atoms with Crippen molar-refractivity contribution >= 4 is 31.6 Å². The molecule has 0 unspecified atom stereocenters. The highest BCUT2D eigenvalue weighted by Crippen LogP contribution is 2.25. The van der Waals surface area contributed by atoms with Crippen LogP contribution in [0.4, 0.5) is 5.69 Å². The van der Waals surface area contributed by atoms with Gasteiger partial charge in [-0.1, -0.05) is 18.2 Å².